The van der Waals surface area contributed by atoms with Crippen molar-refractivity contribution in [2.45, 2.75) is 61.8 Å². The van der Waals surface area contributed by atoms with Gasteiger partial charge < -0.3 is 10.2 Å². The zero-order valence-corrected chi connectivity index (χ0v) is 15.8. The molecule has 1 saturated heterocycles. The molecule has 5 heteroatoms. The Bertz CT molecular complexity index is 569. The summed E-state index contributed by atoms with van der Waals surface area (Å²) >= 11 is 1.28. The van der Waals surface area contributed by atoms with Crippen LogP contribution in [-0.2, 0) is 4.79 Å². The predicted molar refractivity (Wildman–Crippen MR) is 100 cm³/mol. The summed E-state index contributed by atoms with van der Waals surface area (Å²) in [7, 11) is 0. The van der Waals surface area contributed by atoms with Crippen LogP contribution in [0.3, 0.4) is 0 Å². The average molecular weight is 366 g/mol. The number of rotatable bonds is 6. The van der Waals surface area contributed by atoms with E-state index in [2.05, 4.69) is 5.32 Å². The summed E-state index contributed by atoms with van der Waals surface area (Å²) in [6, 6.07) is 6.65. The van der Waals surface area contributed by atoms with Crippen LogP contribution < -0.4 is 10.2 Å². The molecule has 3 rings (SSSR count). The molecule has 1 amide bonds. The molecule has 0 aromatic heterocycles. The molecule has 0 atom stereocenters. The number of hydrogen-bond donors (Lipinski definition) is 2. The highest BCUT2D eigenvalue weighted by atomic mass is 32.2. The molecule has 25 heavy (non-hydrogen) atoms. The Balaban J connectivity index is 1.53. The van der Waals surface area contributed by atoms with Gasteiger partial charge in [-0.05, 0) is 44.2 Å². The van der Waals surface area contributed by atoms with E-state index >= 15 is 0 Å². The number of halogens is 1. The zero-order chi connectivity index (χ0) is 17.5. The van der Waals surface area contributed by atoms with Crippen molar-refractivity contribution in [1.29, 1.82) is 0 Å². The normalized spacial score (nSPS) is 21.0. The number of piperidine rings is 1. The number of hydrogen-bond acceptors (Lipinski definition) is 2. The van der Waals surface area contributed by atoms with E-state index in [4.69, 9.17) is 0 Å². The van der Waals surface area contributed by atoms with Gasteiger partial charge in [0.25, 0.3) is 0 Å². The van der Waals surface area contributed by atoms with Gasteiger partial charge in [0.1, 0.15) is 11.4 Å². The highest BCUT2D eigenvalue weighted by Crippen LogP contribution is 2.26. The number of nitrogens with one attached hydrogen (secondary N) is 2. The van der Waals surface area contributed by atoms with E-state index in [1.54, 1.807) is 23.1 Å². The van der Waals surface area contributed by atoms with E-state index in [9.17, 15) is 9.18 Å². The van der Waals surface area contributed by atoms with E-state index in [1.165, 1.54) is 82.3 Å². The first-order valence-corrected chi connectivity index (χ1v) is 10.7. The Kier molecular flexibility index (Phi) is 6.77. The number of amides is 1. The van der Waals surface area contributed by atoms with Gasteiger partial charge in [-0.25, -0.2) is 4.39 Å². The van der Waals surface area contributed by atoms with Crippen LogP contribution in [0.25, 0.3) is 0 Å². The van der Waals surface area contributed by atoms with E-state index in [1.807, 2.05) is 0 Å². The lowest BCUT2D eigenvalue weighted by atomic mass is 9.79. The molecule has 1 aromatic carbocycles. The summed E-state index contributed by atoms with van der Waals surface area (Å²) in [5, 5.41) is 3.18. The van der Waals surface area contributed by atoms with E-state index < -0.39 is 0 Å². The quantitative estimate of drug-likeness (QED) is 0.760. The molecular weight excluding hydrogens is 335 g/mol. The third kappa shape index (κ3) is 4.98. The summed E-state index contributed by atoms with van der Waals surface area (Å²) in [5.74, 6) is 0.0585. The summed E-state index contributed by atoms with van der Waals surface area (Å²) in [6.45, 7) is 3.28. The SMILES string of the molecule is O=C(CSc1ccccc1F)NCC1([NH+]2CCCCC2)CCCCC1. The standard InChI is InChI=1S/C20H29FN2OS/c21-17-9-3-4-10-18(17)25-15-19(24)22-16-20(11-5-1-6-12-20)23-13-7-2-8-14-23/h3-4,9-10H,1-2,5-8,11-16H2,(H,22,24)/p+1. The van der Waals surface area contributed by atoms with Crippen molar-refractivity contribution in [2.24, 2.45) is 0 Å². The van der Waals surface area contributed by atoms with Gasteiger partial charge in [0.05, 0.1) is 25.4 Å². The second-order valence-electron chi connectivity index (χ2n) is 7.50. The summed E-state index contributed by atoms with van der Waals surface area (Å²) in [6.07, 6.45) is 10.3. The third-order valence-corrected chi connectivity index (χ3v) is 6.89. The van der Waals surface area contributed by atoms with Crippen LogP contribution >= 0.6 is 11.8 Å². The van der Waals surface area contributed by atoms with Gasteiger partial charge in [-0.3, -0.25) is 4.79 Å². The Morgan fingerprint density at radius 2 is 1.76 bits per heavy atom. The van der Waals surface area contributed by atoms with E-state index in [-0.39, 0.29) is 23.0 Å². The van der Waals surface area contributed by atoms with Crippen molar-refractivity contribution in [2.75, 3.05) is 25.4 Å². The van der Waals surface area contributed by atoms with Crippen molar-refractivity contribution in [1.82, 2.24) is 5.32 Å². The fourth-order valence-electron chi connectivity index (χ4n) is 4.42. The van der Waals surface area contributed by atoms with Gasteiger partial charge in [0.15, 0.2) is 0 Å². The maximum Gasteiger partial charge on any atom is 0.230 e. The van der Waals surface area contributed by atoms with Gasteiger partial charge in [-0.15, -0.1) is 11.8 Å². The van der Waals surface area contributed by atoms with E-state index in [0.29, 0.717) is 4.90 Å². The zero-order valence-electron chi connectivity index (χ0n) is 15.0. The van der Waals surface area contributed by atoms with Crippen LogP contribution in [0, 0.1) is 5.82 Å². The number of likely N-dealkylation sites (tertiary alicyclic amines) is 1. The minimum absolute atomic E-state index is 0.0228. The highest BCUT2D eigenvalue weighted by molar-refractivity contribution is 8.00. The Morgan fingerprint density at radius 1 is 1.08 bits per heavy atom. The maximum atomic E-state index is 13.7. The van der Waals surface area contributed by atoms with Crippen molar-refractivity contribution < 1.29 is 14.1 Å². The molecule has 1 heterocycles. The highest BCUT2D eigenvalue weighted by Gasteiger charge is 2.42. The molecule has 0 spiro atoms. The summed E-state index contributed by atoms with van der Waals surface area (Å²) in [5.41, 5.74) is 0.233. The van der Waals surface area contributed by atoms with Crippen molar-refractivity contribution >= 4 is 17.7 Å². The summed E-state index contributed by atoms with van der Waals surface area (Å²) in [4.78, 5) is 14.6. The van der Waals surface area contributed by atoms with Gasteiger partial charge in [0.2, 0.25) is 5.91 Å². The number of thioether (sulfide) groups is 1. The largest absolute Gasteiger partial charge is 0.349 e. The smallest absolute Gasteiger partial charge is 0.230 e. The first kappa shape index (κ1) is 18.7. The minimum Gasteiger partial charge on any atom is -0.349 e. The maximum absolute atomic E-state index is 13.7. The van der Waals surface area contributed by atoms with Crippen LogP contribution in [-0.4, -0.2) is 36.8 Å². The van der Waals surface area contributed by atoms with Crippen LogP contribution in [0.2, 0.25) is 0 Å². The molecule has 1 saturated carbocycles. The molecule has 0 unspecified atom stereocenters. The topological polar surface area (TPSA) is 33.5 Å². The van der Waals surface area contributed by atoms with Gasteiger partial charge in [-0.1, -0.05) is 18.6 Å². The molecule has 138 valence electrons. The number of carbonyl (C=O) groups is 1. The average Bonchev–Trinajstić information content (AvgIpc) is 2.67. The predicted octanol–water partition coefficient (Wildman–Crippen LogP) is 2.81. The van der Waals surface area contributed by atoms with Gasteiger partial charge in [0, 0.05) is 17.7 Å². The third-order valence-electron chi connectivity index (χ3n) is 5.84. The second-order valence-corrected chi connectivity index (χ2v) is 8.52. The number of quaternary nitrogens is 1. The van der Waals surface area contributed by atoms with E-state index in [0.717, 1.165) is 6.54 Å². The molecule has 1 aromatic rings. The van der Waals surface area contributed by atoms with Gasteiger partial charge in [-0.2, -0.15) is 0 Å². The van der Waals surface area contributed by atoms with Gasteiger partial charge >= 0.3 is 0 Å². The number of benzene rings is 1. The molecule has 2 aliphatic rings. The van der Waals surface area contributed by atoms with Crippen LogP contribution in [0.15, 0.2) is 29.2 Å². The lowest BCUT2D eigenvalue weighted by molar-refractivity contribution is -0.957. The molecule has 0 bridgehead atoms. The first-order valence-electron chi connectivity index (χ1n) is 9.69. The lowest BCUT2D eigenvalue weighted by Crippen LogP contribution is -3.22. The Labute approximate surface area is 154 Å². The van der Waals surface area contributed by atoms with Crippen LogP contribution in [0.1, 0.15) is 51.4 Å². The van der Waals surface area contributed by atoms with Crippen molar-refractivity contribution in [3.63, 3.8) is 0 Å². The molecule has 1 aliphatic carbocycles. The first-order chi connectivity index (χ1) is 12.2. The number of carbonyl (C=O) groups excluding carboxylic acids is 1. The fraction of sp³-hybridized carbons (Fsp3) is 0.650. The Morgan fingerprint density at radius 3 is 2.48 bits per heavy atom. The molecule has 2 fully saturated rings. The fourth-order valence-corrected chi connectivity index (χ4v) is 5.19. The minimum atomic E-state index is -0.248. The van der Waals surface area contributed by atoms with Crippen LogP contribution in [0.4, 0.5) is 4.39 Å². The molecule has 0 radical (unpaired) electrons. The molecule has 1 aliphatic heterocycles. The lowest BCUT2D eigenvalue weighted by Gasteiger charge is -2.45. The van der Waals surface area contributed by atoms with Crippen LogP contribution in [0.5, 0.6) is 0 Å². The molecular formula is C20H30FN2OS+. The monoisotopic (exact) mass is 365 g/mol. The second kappa shape index (κ2) is 9.04. The molecule has 2 N–H and O–H groups in total. The summed E-state index contributed by atoms with van der Waals surface area (Å²) < 4.78 is 13.7. The molecule has 3 nitrogen and oxygen atoms in total. The Hall–Kier alpha value is -1.07. The van der Waals surface area contributed by atoms with Crippen molar-refractivity contribution in [3.05, 3.63) is 30.1 Å². The van der Waals surface area contributed by atoms with Crippen molar-refractivity contribution in [3.8, 4) is 0 Å².